The summed E-state index contributed by atoms with van der Waals surface area (Å²) in [6, 6.07) is 15.2. The molecule has 1 aliphatic heterocycles. The lowest BCUT2D eigenvalue weighted by molar-refractivity contribution is -0.120. The van der Waals surface area contributed by atoms with Gasteiger partial charge >= 0.3 is 0 Å². The molecule has 0 unspecified atom stereocenters. The van der Waals surface area contributed by atoms with Crippen LogP contribution >= 0.6 is 27.3 Å². The van der Waals surface area contributed by atoms with Gasteiger partial charge in [-0.3, -0.25) is 9.59 Å². The van der Waals surface area contributed by atoms with Crippen LogP contribution in [0.1, 0.15) is 22.4 Å². The maximum atomic E-state index is 13.2. The molecule has 5 nitrogen and oxygen atoms in total. The highest BCUT2D eigenvalue weighted by Gasteiger charge is 2.27. The summed E-state index contributed by atoms with van der Waals surface area (Å²) >= 11 is 4.94. The normalized spacial score (nSPS) is 13.5. The first-order chi connectivity index (χ1) is 14.4. The number of aryl methyl sites for hydroxylation is 2. The molecule has 0 aliphatic carbocycles. The zero-order chi connectivity index (χ0) is 21.3. The van der Waals surface area contributed by atoms with E-state index < -0.39 is 0 Å². The first kappa shape index (κ1) is 20.5. The van der Waals surface area contributed by atoms with E-state index in [-0.39, 0.29) is 24.8 Å². The van der Waals surface area contributed by atoms with Gasteiger partial charge in [-0.05, 0) is 72.8 Å². The summed E-state index contributed by atoms with van der Waals surface area (Å²) in [6.45, 7) is 3.94. The predicted octanol–water partition coefficient (Wildman–Crippen LogP) is 5.62. The highest BCUT2D eigenvalue weighted by Crippen LogP contribution is 2.36. The van der Waals surface area contributed by atoms with Crippen LogP contribution in [0.2, 0.25) is 0 Å². The van der Waals surface area contributed by atoms with E-state index in [2.05, 4.69) is 21.2 Å². The number of hydrogen-bond acceptors (Lipinski definition) is 4. The molecule has 0 atom stereocenters. The van der Waals surface area contributed by atoms with Crippen molar-refractivity contribution in [2.45, 2.75) is 20.3 Å². The molecule has 7 heteroatoms. The molecule has 0 saturated carbocycles. The summed E-state index contributed by atoms with van der Waals surface area (Å²) in [7, 11) is 0. The van der Waals surface area contributed by atoms with E-state index in [0.29, 0.717) is 17.1 Å². The van der Waals surface area contributed by atoms with Gasteiger partial charge in [0.1, 0.15) is 6.54 Å². The molecular weight excluding hydrogens is 462 g/mol. The van der Waals surface area contributed by atoms with Crippen molar-refractivity contribution in [2.24, 2.45) is 4.99 Å². The lowest BCUT2D eigenvalue weighted by atomic mass is 10.1. The smallest absolute Gasteiger partial charge is 0.244 e. The Kier molecular flexibility index (Phi) is 5.83. The second-order valence-electron chi connectivity index (χ2n) is 7.17. The first-order valence-corrected chi connectivity index (χ1v) is 11.2. The Bertz CT molecular complexity index is 1140. The van der Waals surface area contributed by atoms with Crippen LogP contribution in [0.5, 0.6) is 0 Å². The number of amides is 2. The largest absolute Gasteiger partial charge is 0.325 e. The van der Waals surface area contributed by atoms with Crippen molar-refractivity contribution in [1.29, 1.82) is 0 Å². The second-order valence-corrected chi connectivity index (χ2v) is 9.04. The predicted molar refractivity (Wildman–Crippen MR) is 126 cm³/mol. The maximum Gasteiger partial charge on any atom is 0.244 e. The van der Waals surface area contributed by atoms with Crippen molar-refractivity contribution in [3.8, 4) is 0 Å². The van der Waals surface area contributed by atoms with Gasteiger partial charge in [-0.15, -0.1) is 11.3 Å². The van der Waals surface area contributed by atoms with E-state index >= 15 is 0 Å². The van der Waals surface area contributed by atoms with E-state index in [9.17, 15) is 9.59 Å². The van der Waals surface area contributed by atoms with Gasteiger partial charge in [0.15, 0.2) is 0 Å². The van der Waals surface area contributed by atoms with E-state index in [1.807, 2.05) is 67.8 Å². The van der Waals surface area contributed by atoms with Gasteiger partial charge in [0.05, 0.1) is 23.5 Å². The molecule has 152 valence electrons. The second kappa shape index (κ2) is 8.53. The molecule has 0 fully saturated rings. The summed E-state index contributed by atoms with van der Waals surface area (Å²) in [4.78, 5) is 33.2. The first-order valence-electron chi connectivity index (χ1n) is 9.49. The summed E-state index contributed by atoms with van der Waals surface area (Å²) in [5.74, 6) is -0.399. The van der Waals surface area contributed by atoms with Gasteiger partial charge in [0.25, 0.3) is 0 Å². The molecule has 0 radical (unpaired) electrons. The quantitative estimate of drug-likeness (QED) is 0.525. The minimum absolute atomic E-state index is 0.0718. The molecule has 0 bridgehead atoms. The molecule has 0 spiro atoms. The Balaban J connectivity index is 1.66. The zero-order valence-corrected chi connectivity index (χ0v) is 19.0. The number of fused-ring (bicyclic) bond motifs is 1. The Hall–Kier alpha value is -2.77. The third-order valence-corrected chi connectivity index (χ3v) is 6.44. The lowest BCUT2D eigenvalue weighted by Gasteiger charge is -2.23. The molecule has 3 aromatic rings. The number of nitrogens with zero attached hydrogens (tertiary/aromatic N) is 2. The number of anilines is 2. The Morgan fingerprint density at radius 2 is 1.90 bits per heavy atom. The van der Waals surface area contributed by atoms with Crippen LogP contribution in [0.15, 0.2) is 63.4 Å². The number of rotatable bonds is 4. The molecule has 1 aromatic heterocycles. The molecule has 2 amide bonds. The third kappa shape index (κ3) is 4.37. The number of carbonyl (C=O) groups excluding carboxylic acids is 2. The van der Waals surface area contributed by atoms with Crippen LogP contribution in [0, 0.1) is 13.8 Å². The fraction of sp³-hybridized carbons (Fsp3) is 0.174. The molecule has 30 heavy (non-hydrogen) atoms. The Morgan fingerprint density at radius 1 is 1.17 bits per heavy atom. The number of thiophene rings is 1. The average molecular weight is 482 g/mol. The van der Waals surface area contributed by atoms with Crippen LogP contribution in [0.25, 0.3) is 0 Å². The Morgan fingerprint density at radius 3 is 2.60 bits per heavy atom. The fourth-order valence-corrected chi connectivity index (χ4v) is 4.26. The van der Waals surface area contributed by atoms with E-state index in [1.54, 1.807) is 16.2 Å². The molecule has 0 saturated heterocycles. The third-order valence-electron chi connectivity index (χ3n) is 4.99. The van der Waals surface area contributed by atoms with E-state index in [1.165, 1.54) is 0 Å². The van der Waals surface area contributed by atoms with Crippen LogP contribution < -0.4 is 10.2 Å². The fourth-order valence-electron chi connectivity index (χ4n) is 3.29. The highest BCUT2D eigenvalue weighted by molar-refractivity contribution is 9.10. The standard InChI is InChI=1S/C23H20BrN3O2S/c1-14-10-18-20(11-15(14)2)27(13-22(28)25-17-7-5-16(24)6-8-17)23(29)12-19(26-18)21-4-3-9-30-21/h3-11H,12-13H2,1-2H3,(H,25,28). The lowest BCUT2D eigenvalue weighted by Crippen LogP contribution is -2.38. The van der Waals surface area contributed by atoms with Gasteiger partial charge in [0, 0.05) is 15.0 Å². The van der Waals surface area contributed by atoms with Crippen LogP contribution in [-0.2, 0) is 9.59 Å². The monoisotopic (exact) mass is 481 g/mol. The van der Waals surface area contributed by atoms with Crippen molar-refractivity contribution < 1.29 is 9.59 Å². The van der Waals surface area contributed by atoms with Crippen molar-refractivity contribution in [2.75, 3.05) is 16.8 Å². The van der Waals surface area contributed by atoms with Gasteiger partial charge in [-0.1, -0.05) is 22.0 Å². The zero-order valence-electron chi connectivity index (χ0n) is 16.6. The average Bonchev–Trinajstić information content (AvgIpc) is 3.21. The van der Waals surface area contributed by atoms with Gasteiger partial charge in [-0.25, -0.2) is 4.99 Å². The minimum Gasteiger partial charge on any atom is -0.325 e. The molecule has 2 aromatic carbocycles. The number of benzene rings is 2. The van der Waals surface area contributed by atoms with E-state index in [0.717, 1.165) is 26.2 Å². The molecule has 1 aliphatic rings. The molecule has 1 N–H and O–H groups in total. The van der Waals surface area contributed by atoms with Crippen molar-refractivity contribution >= 4 is 61.9 Å². The van der Waals surface area contributed by atoms with Crippen LogP contribution in [0.3, 0.4) is 0 Å². The van der Waals surface area contributed by atoms with Gasteiger partial charge < -0.3 is 10.2 Å². The summed E-state index contributed by atoms with van der Waals surface area (Å²) < 4.78 is 0.932. The van der Waals surface area contributed by atoms with Gasteiger partial charge in [-0.2, -0.15) is 0 Å². The van der Waals surface area contributed by atoms with Crippen LogP contribution in [0.4, 0.5) is 17.1 Å². The van der Waals surface area contributed by atoms with Crippen molar-refractivity contribution in [3.05, 3.63) is 74.4 Å². The van der Waals surface area contributed by atoms with Crippen LogP contribution in [-0.4, -0.2) is 24.1 Å². The SMILES string of the molecule is Cc1cc2c(cc1C)N(CC(=O)Nc1ccc(Br)cc1)C(=O)CC(c1cccs1)=N2. The van der Waals surface area contributed by atoms with Crippen molar-refractivity contribution in [3.63, 3.8) is 0 Å². The summed E-state index contributed by atoms with van der Waals surface area (Å²) in [5.41, 5.74) is 4.94. The van der Waals surface area contributed by atoms with Gasteiger partial charge in [0.2, 0.25) is 11.8 Å². The number of halogens is 1. The number of carbonyl (C=O) groups is 2. The number of aliphatic imine (C=N–C) groups is 1. The number of hydrogen-bond donors (Lipinski definition) is 1. The molecule has 4 rings (SSSR count). The summed E-state index contributed by atoms with van der Waals surface area (Å²) in [6.07, 6.45) is 0.152. The maximum absolute atomic E-state index is 13.2. The summed E-state index contributed by atoms with van der Waals surface area (Å²) in [5, 5.41) is 4.83. The molecular formula is C23H20BrN3O2S. The minimum atomic E-state index is -0.255. The highest BCUT2D eigenvalue weighted by atomic mass is 79.9. The topological polar surface area (TPSA) is 61.8 Å². The molecule has 2 heterocycles. The Labute approximate surface area is 187 Å². The number of nitrogens with one attached hydrogen (secondary N) is 1. The van der Waals surface area contributed by atoms with E-state index in [4.69, 9.17) is 4.99 Å². The van der Waals surface area contributed by atoms with Crippen molar-refractivity contribution in [1.82, 2.24) is 0 Å².